The molecule has 2 rings (SSSR count). The second-order valence-corrected chi connectivity index (χ2v) is 4.58. The molecule has 0 aliphatic heterocycles. The van der Waals surface area contributed by atoms with Crippen molar-refractivity contribution in [1.82, 2.24) is 5.32 Å². The predicted molar refractivity (Wildman–Crippen MR) is 71.1 cm³/mol. The summed E-state index contributed by atoms with van der Waals surface area (Å²) in [6.07, 6.45) is 2.47. The van der Waals surface area contributed by atoms with E-state index in [1.807, 2.05) is 31.2 Å². The van der Waals surface area contributed by atoms with Gasteiger partial charge in [-0.15, -0.1) is 12.4 Å². The molecule has 0 spiro atoms. The standard InChI is InChI=1S/C13H18N2O.ClH/c1-9-2-6-11(7-3-9)12(14)13(16)15-8-10-4-5-10;/h2-3,6-7,10,12H,4-5,8,14H2,1H3,(H,15,16);1H. The van der Waals surface area contributed by atoms with Crippen LogP contribution in [0.5, 0.6) is 0 Å². The average molecular weight is 255 g/mol. The van der Waals surface area contributed by atoms with Gasteiger partial charge in [-0.1, -0.05) is 29.8 Å². The summed E-state index contributed by atoms with van der Waals surface area (Å²) in [5.41, 5.74) is 7.93. The van der Waals surface area contributed by atoms with E-state index in [9.17, 15) is 4.79 Å². The molecule has 0 bridgehead atoms. The molecule has 1 fully saturated rings. The monoisotopic (exact) mass is 254 g/mol. The van der Waals surface area contributed by atoms with Gasteiger partial charge >= 0.3 is 0 Å². The fraction of sp³-hybridized carbons (Fsp3) is 0.462. The van der Waals surface area contributed by atoms with Gasteiger partial charge in [0.25, 0.3) is 0 Å². The summed E-state index contributed by atoms with van der Waals surface area (Å²) in [5.74, 6) is 0.616. The van der Waals surface area contributed by atoms with Crippen molar-refractivity contribution >= 4 is 18.3 Å². The molecule has 1 aromatic carbocycles. The van der Waals surface area contributed by atoms with Gasteiger partial charge < -0.3 is 11.1 Å². The van der Waals surface area contributed by atoms with Crippen LogP contribution in [0.2, 0.25) is 0 Å². The number of amides is 1. The molecule has 1 aromatic rings. The number of aryl methyl sites for hydroxylation is 1. The molecule has 0 heterocycles. The Labute approximate surface area is 108 Å². The predicted octanol–water partition coefficient (Wildman–Crippen LogP) is 1.94. The Kier molecular flexibility index (Phi) is 4.97. The number of benzene rings is 1. The van der Waals surface area contributed by atoms with E-state index in [1.54, 1.807) is 0 Å². The van der Waals surface area contributed by atoms with E-state index in [2.05, 4.69) is 5.32 Å². The Morgan fingerprint density at radius 3 is 2.53 bits per heavy atom. The summed E-state index contributed by atoms with van der Waals surface area (Å²) in [4.78, 5) is 11.7. The van der Waals surface area contributed by atoms with Gasteiger partial charge in [-0.2, -0.15) is 0 Å². The molecule has 0 aromatic heterocycles. The first-order valence-electron chi connectivity index (χ1n) is 5.76. The van der Waals surface area contributed by atoms with Gasteiger partial charge in [0.2, 0.25) is 5.91 Å². The second-order valence-electron chi connectivity index (χ2n) is 4.58. The zero-order valence-electron chi connectivity index (χ0n) is 9.98. The van der Waals surface area contributed by atoms with E-state index in [-0.39, 0.29) is 18.3 Å². The lowest BCUT2D eigenvalue weighted by atomic mass is 10.1. The van der Waals surface area contributed by atoms with Gasteiger partial charge in [0.1, 0.15) is 6.04 Å². The molecule has 1 aliphatic rings. The number of hydrogen-bond acceptors (Lipinski definition) is 2. The molecule has 1 aliphatic carbocycles. The Bertz CT molecular complexity index is 374. The second kappa shape index (κ2) is 6.03. The molecule has 3 nitrogen and oxygen atoms in total. The molecular weight excluding hydrogens is 236 g/mol. The number of halogens is 1. The first kappa shape index (κ1) is 14.0. The highest BCUT2D eigenvalue weighted by atomic mass is 35.5. The first-order chi connectivity index (χ1) is 7.66. The molecule has 1 amide bonds. The van der Waals surface area contributed by atoms with Gasteiger partial charge in [0.15, 0.2) is 0 Å². The van der Waals surface area contributed by atoms with Gasteiger partial charge in [-0.25, -0.2) is 0 Å². The van der Waals surface area contributed by atoms with Crippen molar-refractivity contribution in [1.29, 1.82) is 0 Å². The lowest BCUT2D eigenvalue weighted by Gasteiger charge is -2.12. The van der Waals surface area contributed by atoms with Crippen LogP contribution in [-0.2, 0) is 4.79 Å². The molecule has 0 saturated heterocycles. The van der Waals surface area contributed by atoms with Gasteiger partial charge in [0.05, 0.1) is 0 Å². The molecular formula is C13H19ClN2O. The summed E-state index contributed by atoms with van der Waals surface area (Å²) in [5, 5.41) is 2.89. The first-order valence-corrected chi connectivity index (χ1v) is 5.76. The minimum Gasteiger partial charge on any atom is -0.354 e. The number of carbonyl (C=O) groups excluding carboxylic acids is 1. The molecule has 4 heteroatoms. The maximum absolute atomic E-state index is 11.7. The topological polar surface area (TPSA) is 55.1 Å². The van der Waals surface area contributed by atoms with E-state index in [0.717, 1.165) is 12.1 Å². The fourth-order valence-corrected chi connectivity index (χ4v) is 1.60. The van der Waals surface area contributed by atoms with Gasteiger partial charge in [0, 0.05) is 6.54 Å². The van der Waals surface area contributed by atoms with Crippen LogP contribution in [0.3, 0.4) is 0 Å². The minimum atomic E-state index is -0.542. The SMILES string of the molecule is Cc1ccc(C(N)C(=O)NCC2CC2)cc1.Cl. The highest BCUT2D eigenvalue weighted by Crippen LogP contribution is 2.27. The van der Waals surface area contributed by atoms with Crippen molar-refractivity contribution in [3.63, 3.8) is 0 Å². The van der Waals surface area contributed by atoms with E-state index in [4.69, 9.17) is 5.73 Å². The third-order valence-electron chi connectivity index (χ3n) is 2.98. The Hall–Kier alpha value is -1.06. The fourth-order valence-electron chi connectivity index (χ4n) is 1.60. The van der Waals surface area contributed by atoms with Crippen molar-refractivity contribution in [3.05, 3.63) is 35.4 Å². The molecule has 1 unspecified atom stereocenters. The van der Waals surface area contributed by atoms with Crippen molar-refractivity contribution < 1.29 is 4.79 Å². The molecule has 3 N–H and O–H groups in total. The summed E-state index contributed by atoms with van der Waals surface area (Å²) in [6, 6.07) is 7.24. The number of nitrogens with two attached hydrogens (primary N) is 1. The van der Waals surface area contributed by atoms with Crippen LogP contribution in [0, 0.1) is 12.8 Å². The van der Waals surface area contributed by atoms with Crippen LogP contribution in [-0.4, -0.2) is 12.5 Å². The summed E-state index contributed by atoms with van der Waals surface area (Å²) in [7, 11) is 0. The Morgan fingerprint density at radius 2 is 2.00 bits per heavy atom. The summed E-state index contributed by atoms with van der Waals surface area (Å²) >= 11 is 0. The molecule has 1 atom stereocenters. The lowest BCUT2D eigenvalue weighted by Crippen LogP contribution is -2.35. The number of nitrogens with one attached hydrogen (secondary N) is 1. The van der Waals surface area contributed by atoms with E-state index >= 15 is 0 Å². The largest absolute Gasteiger partial charge is 0.354 e. The molecule has 17 heavy (non-hydrogen) atoms. The quantitative estimate of drug-likeness (QED) is 0.863. The third kappa shape index (κ3) is 4.02. The number of carbonyl (C=O) groups is 1. The normalized spacial score (nSPS) is 15.9. The Morgan fingerprint density at radius 1 is 1.41 bits per heavy atom. The van der Waals surface area contributed by atoms with Gasteiger partial charge in [-0.3, -0.25) is 4.79 Å². The van der Waals surface area contributed by atoms with Crippen molar-refractivity contribution in [2.45, 2.75) is 25.8 Å². The highest BCUT2D eigenvalue weighted by Gasteiger charge is 2.23. The zero-order valence-corrected chi connectivity index (χ0v) is 10.8. The summed E-state index contributed by atoms with van der Waals surface area (Å²) < 4.78 is 0. The van der Waals surface area contributed by atoms with Gasteiger partial charge in [-0.05, 0) is 31.2 Å². The molecule has 0 radical (unpaired) electrons. The molecule has 1 saturated carbocycles. The lowest BCUT2D eigenvalue weighted by molar-refractivity contribution is -0.122. The Balaban J connectivity index is 0.00000144. The number of rotatable bonds is 4. The van der Waals surface area contributed by atoms with Crippen LogP contribution in [0.4, 0.5) is 0 Å². The van der Waals surface area contributed by atoms with E-state index < -0.39 is 6.04 Å². The minimum absolute atomic E-state index is 0. The number of hydrogen-bond donors (Lipinski definition) is 2. The smallest absolute Gasteiger partial charge is 0.241 e. The van der Waals surface area contributed by atoms with Crippen molar-refractivity contribution in [2.24, 2.45) is 11.7 Å². The maximum Gasteiger partial charge on any atom is 0.241 e. The van der Waals surface area contributed by atoms with Crippen molar-refractivity contribution in [2.75, 3.05) is 6.54 Å². The maximum atomic E-state index is 11.7. The summed E-state index contributed by atoms with van der Waals surface area (Å²) in [6.45, 7) is 2.79. The van der Waals surface area contributed by atoms with Crippen LogP contribution in [0.15, 0.2) is 24.3 Å². The van der Waals surface area contributed by atoms with Crippen LogP contribution >= 0.6 is 12.4 Å². The zero-order chi connectivity index (χ0) is 11.5. The average Bonchev–Trinajstić information content (AvgIpc) is 3.10. The third-order valence-corrected chi connectivity index (χ3v) is 2.98. The highest BCUT2D eigenvalue weighted by molar-refractivity contribution is 5.85. The molecule has 94 valence electrons. The van der Waals surface area contributed by atoms with E-state index in [1.165, 1.54) is 18.4 Å². The van der Waals surface area contributed by atoms with Crippen molar-refractivity contribution in [3.8, 4) is 0 Å². The van der Waals surface area contributed by atoms with E-state index in [0.29, 0.717) is 5.92 Å². The van der Waals surface area contributed by atoms with Crippen LogP contribution in [0.1, 0.15) is 30.0 Å². The van der Waals surface area contributed by atoms with Crippen LogP contribution < -0.4 is 11.1 Å². The van der Waals surface area contributed by atoms with Crippen LogP contribution in [0.25, 0.3) is 0 Å².